The topological polar surface area (TPSA) is 68.7 Å². The van der Waals surface area contributed by atoms with E-state index in [0.29, 0.717) is 17.2 Å². The van der Waals surface area contributed by atoms with Crippen molar-refractivity contribution in [3.8, 4) is 22.8 Å². The van der Waals surface area contributed by atoms with Crippen molar-refractivity contribution in [2.24, 2.45) is 0 Å². The Balaban J connectivity index is 2.01. The molecule has 1 aliphatic rings. The second kappa shape index (κ2) is 6.02. The Kier molecular flexibility index (Phi) is 3.80. The molecule has 0 saturated heterocycles. The largest absolute Gasteiger partial charge is 0.481 e. The van der Waals surface area contributed by atoms with E-state index in [2.05, 4.69) is 13.0 Å². The van der Waals surface area contributed by atoms with E-state index in [1.165, 1.54) is 5.56 Å². The van der Waals surface area contributed by atoms with Crippen molar-refractivity contribution in [3.05, 3.63) is 52.6 Å². The lowest BCUT2D eigenvalue weighted by molar-refractivity contribution is -0.136. The summed E-state index contributed by atoms with van der Waals surface area (Å²) in [5, 5.41) is 10.3. The summed E-state index contributed by atoms with van der Waals surface area (Å²) in [5.41, 5.74) is 6.37. The zero-order chi connectivity index (χ0) is 18.4. The number of aryl methyl sites for hydroxylation is 3. The van der Waals surface area contributed by atoms with Gasteiger partial charge in [-0.2, -0.15) is 0 Å². The summed E-state index contributed by atoms with van der Waals surface area (Å²) in [6, 6.07) is 9.83. The van der Waals surface area contributed by atoms with Gasteiger partial charge in [0, 0.05) is 17.0 Å². The molecule has 0 spiro atoms. The molecule has 0 atom stereocenters. The van der Waals surface area contributed by atoms with Crippen LogP contribution >= 0.6 is 0 Å². The zero-order valence-corrected chi connectivity index (χ0v) is 14.9. The summed E-state index contributed by atoms with van der Waals surface area (Å²) in [6.07, 6.45) is -0.0779. The number of fused-ring (bicyclic) bond motifs is 2. The van der Waals surface area contributed by atoms with E-state index in [-0.39, 0.29) is 13.2 Å². The Morgan fingerprint density at radius 2 is 1.81 bits per heavy atom. The first-order valence-electron chi connectivity index (χ1n) is 8.46. The first kappa shape index (κ1) is 16.4. The molecule has 2 aromatic carbocycles. The third-order valence-electron chi connectivity index (χ3n) is 4.97. The number of carbonyl (C=O) groups is 1. The number of aliphatic carboxylic acids is 1. The van der Waals surface area contributed by atoms with Gasteiger partial charge in [0.2, 0.25) is 6.79 Å². The number of ether oxygens (including phenoxy) is 2. The molecule has 26 heavy (non-hydrogen) atoms. The molecule has 5 heteroatoms. The molecule has 1 aromatic heterocycles. The van der Waals surface area contributed by atoms with Crippen molar-refractivity contribution in [2.75, 3.05) is 6.79 Å². The molecule has 3 aromatic rings. The van der Waals surface area contributed by atoms with Crippen molar-refractivity contribution >= 4 is 16.9 Å². The lowest BCUT2D eigenvalue weighted by atomic mass is 9.94. The zero-order valence-electron chi connectivity index (χ0n) is 14.9. The van der Waals surface area contributed by atoms with Crippen LogP contribution in [0.25, 0.3) is 22.2 Å². The fourth-order valence-electron chi connectivity index (χ4n) is 3.35. The first-order chi connectivity index (χ1) is 12.4. The number of carboxylic acid groups (broad SMARTS) is 1. The van der Waals surface area contributed by atoms with Crippen LogP contribution in [-0.2, 0) is 11.2 Å². The Bertz CT molecular complexity index is 1060. The van der Waals surface area contributed by atoms with Crippen molar-refractivity contribution in [2.45, 2.75) is 27.2 Å². The fraction of sp³-hybridized carbons (Fsp3) is 0.238. The minimum absolute atomic E-state index is 0.0779. The molecule has 1 N–H and O–H groups in total. The number of nitrogens with zero attached hydrogens (tertiary/aromatic N) is 1. The van der Waals surface area contributed by atoms with Gasteiger partial charge in [-0.1, -0.05) is 12.1 Å². The minimum atomic E-state index is -0.875. The van der Waals surface area contributed by atoms with Gasteiger partial charge in [0.25, 0.3) is 0 Å². The molecule has 1 aliphatic heterocycles. The lowest BCUT2D eigenvalue weighted by Crippen LogP contribution is -2.06. The summed E-state index contributed by atoms with van der Waals surface area (Å²) in [6.45, 7) is 6.23. The molecule has 0 amide bonds. The summed E-state index contributed by atoms with van der Waals surface area (Å²) < 4.78 is 10.9. The smallest absolute Gasteiger partial charge is 0.307 e. The molecule has 0 saturated carbocycles. The Hall–Kier alpha value is -3.08. The molecule has 0 fully saturated rings. The van der Waals surface area contributed by atoms with Crippen LogP contribution in [0.5, 0.6) is 11.5 Å². The number of aromatic nitrogens is 1. The summed E-state index contributed by atoms with van der Waals surface area (Å²) in [7, 11) is 0. The molecular formula is C21H19NO4. The number of rotatable bonds is 3. The second-order valence-electron chi connectivity index (χ2n) is 6.66. The highest BCUT2D eigenvalue weighted by Gasteiger charge is 2.21. The van der Waals surface area contributed by atoms with Crippen LogP contribution in [0.4, 0.5) is 0 Å². The summed E-state index contributed by atoms with van der Waals surface area (Å²) in [5.74, 6) is 0.462. The standard InChI is InChI=1S/C21H19NO4/c1-11-4-5-14(6-12(11)2)21-16(8-20(23)24)13(3)15-7-18-19(26-10-25-18)9-17(15)22-21/h4-7,9H,8,10H2,1-3H3,(H,23,24). The highest BCUT2D eigenvalue weighted by molar-refractivity contribution is 5.91. The van der Waals surface area contributed by atoms with E-state index >= 15 is 0 Å². The van der Waals surface area contributed by atoms with Gasteiger partial charge >= 0.3 is 5.97 Å². The van der Waals surface area contributed by atoms with Crippen LogP contribution in [0.15, 0.2) is 30.3 Å². The predicted octanol–water partition coefficient (Wildman–Crippen LogP) is 4.18. The number of pyridine rings is 1. The van der Waals surface area contributed by atoms with Gasteiger partial charge in [0.1, 0.15) is 0 Å². The second-order valence-corrected chi connectivity index (χ2v) is 6.66. The third-order valence-corrected chi connectivity index (χ3v) is 4.97. The highest BCUT2D eigenvalue weighted by atomic mass is 16.7. The van der Waals surface area contributed by atoms with E-state index in [0.717, 1.165) is 33.2 Å². The minimum Gasteiger partial charge on any atom is -0.481 e. The SMILES string of the molecule is Cc1ccc(-c2nc3cc4c(cc3c(C)c2CC(=O)O)OCO4)cc1C. The molecule has 0 aliphatic carbocycles. The maximum atomic E-state index is 11.5. The maximum Gasteiger partial charge on any atom is 0.307 e. The van der Waals surface area contributed by atoms with Crippen LogP contribution in [0.2, 0.25) is 0 Å². The number of hydrogen-bond acceptors (Lipinski definition) is 4. The molecular weight excluding hydrogens is 330 g/mol. The van der Waals surface area contributed by atoms with Gasteiger partial charge in [-0.15, -0.1) is 0 Å². The molecule has 0 radical (unpaired) electrons. The van der Waals surface area contributed by atoms with Crippen LogP contribution in [0.3, 0.4) is 0 Å². The van der Waals surface area contributed by atoms with E-state index in [4.69, 9.17) is 14.5 Å². The number of carboxylic acids is 1. The van der Waals surface area contributed by atoms with Crippen molar-refractivity contribution in [3.63, 3.8) is 0 Å². The third kappa shape index (κ3) is 2.65. The first-order valence-corrected chi connectivity index (χ1v) is 8.46. The predicted molar refractivity (Wildman–Crippen MR) is 98.9 cm³/mol. The van der Waals surface area contributed by atoms with E-state index in [1.807, 2.05) is 38.1 Å². The van der Waals surface area contributed by atoms with Gasteiger partial charge in [0.05, 0.1) is 17.6 Å². The molecule has 0 unspecified atom stereocenters. The molecule has 4 rings (SSSR count). The van der Waals surface area contributed by atoms with Crippen LogP contribution in [-0.4, -0.2) is 22.9 Å². The molecule has 2 heterocycles. The Morgan fingerprint density at radius 1 is 1.08 bits per heavy atom. The van der Waals surface area contributed by atoms with Crippen LogP contribution in [0.1, 0.15) is 22.3 Å². The highest BCUT2D eigenvalue weighted by Crippen LogP contribution is 2.39. The maximum absolute atomic E-state index is 11.5. The summed E-state index contributed by atoms with van der Waals surface area (Å²) in [4.78, 5) is 16.3. The van der Waals surface area contributed by atoms with Gasteiger partial charge in [0.15, 0.2) is 11.5 Å². The summed E-state index contributed by atoms with van der Waals surface area (Å²) >= 11 is 0. The van der Waals surface area contributed by atoms with E-state index in [9.17, 15) is 9.90 Å². The van der Waals surface area contributed by atoms with Crippen molar-refractivity contribution < 1.29 is 19.4 Å². The average Bonchev–Trinajstić information content (AvgIpc) is 3.05. The van der Waals surface area contributed by atoms with Gasteiger partial charge in [-0.05, 0) is 55.2 Å². The van der Waals surface area contributed by atoms with E-state index < -0.39 is 5.97 Å². The molecule has 0 bridgehead atoms. The quantitative estimate of drug-likeness (QED) is 0.768. The number of hydrogen-bond donors (Lipinski definition) is 1. The van der Waals surface area contributed by atoms with Crippen molar-refractivity contribution in [1.29, 1.82) is 0 Å². The van der Waals surface area contributed by atoms with Gasteiger partial charge < -0.3 is 14.6 Å². The molecule has 5 nitrogen and oxygen atoms in total. The van der Waals surface area contributed by atoms with Gasteiger partial charge in [-0.3, -0.25) is 4.79 Å². The lowest BCUT2D eigenvalue weighted by Gasteiger charge is -2.15. The van der Waals surface area contributed by atoms with Crippen LogP contribution < -0.4 is 9.47 Å². The number of benzene rings is 2. The fourth-order valence-corrected chi connectivity index (χ4v) is 3.35. The Morgan fingerprint density at radius 3 is 2.50 bits per heavy atom. The van der Waals surface area contributed by atoms with Crippen LogP contribution in [0, 0.1) is 20.8 Å². The monoisotopic (exact) mass is 349 g/mol. The Labute approximate surface area is 151 Å². The van der Waals surface area contributed by atoms with E-state index in [1.54, 1.807) is 0 Å². The normalized spacial score (nSPS) is 12.6. The van der Waals surface area contributed by atoms with Gasteiger partial charge in [-0.25, -0.2) is 4.98 Å². The average molecular weight is 349 g/mol. The molecule has 132 valence electrons. The van der Waals surface area contributed by atoms with Crippen molar-refractivity contribution in [1.82, 2.24) is 4.98 Å².